The number of sulfone groups is 1. The highest BCUT2D eigenvalue weighted by Crippen LogP contribution is 2.28. The molecule has 0 heterocycles. The topological polar surface area (TPSA) is 68.3 Å². The molecule has 7 heteroatoms. The monoisotopic (exact) mass is 474 g/mol. The van der Waals surface area contributed by atoms with E-state index in [0.717, 1.165) is 11.1 Å². The van der Waals surface area contributed by atoms with Crippen molar-refractivity contribution in [3.8, 4) is 0 Å². The summed E-state index contributed by atoms with van der Waals surface area (Å²) in [4.78, 5) is 26.2. The Kier molecular flexibility index (Phi) is 6.99. The van der Waals surface area contributed by atoms with Crippen LogP contribution in [-0.4, -0.2) is 25.2 Å². The minimum atomic E-state index is -4.17. The fourth-order valence-electron chi connectivity index (χ4n) is 3.12. The van der Waals surface area contributed by atoms with Crippen molar-refractivity contribution >= 4 is 44.6 Å². The van der Waals surface area contributed by atoms with Gasteiger partial charge in [0.05, 0.1) is 9.92 Å². The number of hydrogen-bond donors (Lipinski definition) is 0. The van der Waals surface area contributed by atoms with Crippen LogP contribution in [0.1, 0.15) is 38.3 Å². The van der Waals surface area contributed by atoms with E-state index in [1.165, 1.54) is 30.3 Å². The fourth-order valence-corrected chi connectivity index (χ4v) is 5.25. The van der Waals surface area contributed by atoms with Crippen LogP contribution in [0.5, 0.6) is 0 Å². The maximum absolute atomic E-state index is 13.4. The zero-order valence-corrected chi connectivity index (χ0v) is 19.3. The lowest BCUT2D eigenvalue weighted by Crippen LogP contribution is -2.33. The first kappa shape index (κ1) is 23.2. The van der Waals surface area contributed by atoms with Gasteiger partial charge in [0.15, 0.2) is 21.4 Å². The Morgan fingerprint density at radius 2 is 1.39 bits per heavy atom. The molecule has 3 rings (SSSR count). The molecule has 1 atom stereocenters. The summed E-state index contributed by atoms with van der Waals surface area (Å²) in [6.07, 6.45) is -0.503. The minimum Gasteiger partial charge on any atom is -0.294 e. The lowest BCUT2D eigenvalue weighted by atomic mass is 10.0. The molecule has 3 aromatic rings. The number of halogens is 2. The minimum absolute atomic E-state index is 0.00320. The predicted molar refractivity (Wildman–Crippen MR) is 123 cm³/mol. The lowest BCUT2D eigenvalue weighted by Gasteiger charge is -2.17. The van der Waals surface area contributed by atoms with Crippen LogP contribution >= 0.6 is 23.2 Å². The van der Waals surface area contributed by atoms with Crippen molar-refractivity contribution in [1.29, 1.82) is 0 Å². The highest BCUT2D eigenvalue weighted by molar-refractivity contribution is 7.92. The number of carbonyl (C=O) groups excluding carboxylic acids is 2. The van der Waals surface area contributed by atoms with Crippen molar-refractivity contribution in [2.45, 2.75) is 30.4 Å². The van der Waals surface area contributed by atoms with Gasteiger partial charge in [-0.15, -0.1) is 0 Å². The van der Waals surface area contributed by atoms with Crippen LogP contribution in [0.25, 0.3) is 0 Å². The van der Waals surface area contributed by atoms with Gasteiger partial charge in [0.2, 0.25) is 0 Å². The molecule has 3 aromatic carbocycles. The van der Waals surface area contributed by atoms with Crippen LogP contribution < -0.4 is 0 Å². The van der Waals surface area contributed by atoms with Gasteiger partial charge in [0, 0.05) is 22.6 Å². The number of benzene rings is 3. The second kappa shape index (κ2) is 9.35. The average Bonchev–Trinajstić information content (AvgIpc) is 2.72. The summed E-state index contributed by atoms with van der Waals surface area (Å²) in [5, 5.41) is -1.28. The van der Waals surface area contributed by atoms with Crippen LogP contribution in [0, 0.1) is 13.8 Å². The summed E-state index contributed by atoms with van der Waals surface area (Å²) in [6, 6.07) is 17.1. The van der Waals surface area contributed by atoms with Gasteiger partial charge in [0.1, 0.15) is 5.25 Å². The molecule has 0 bridgehead atoms. The summed E-state index contributed by atoms with van der Waals surface area (Å²) < 4.78 is 26.8. The first-order chi connectivity index (χ1) is 14.6. The Morgan fingerprint density at radius 1 is 0.839 bits per heavy atom. The maximum Gasteiger partial charge on any atom is 0.189 e. The number of ketones is 2. The second-order valence-corrected chi connectivity index (χ2v) is 10.3. The molecule has 0 aliphatic rings. The van der Waals surface area contributed by atoms with Gasteiger partial charge in [0.25, 0.3) is 0 Å². The number of hydrogen-bond acceptors (Lipinski definition) is 4. The normalized spacial score (nSPS) is 12.4. The van der Waals surface area contributed by atoms with Crippen LogP contribution in [0.15, 0.2) is 71.6 Å². The summed E-state index contributed by atoms with van der Waals surface area (Å²) in [5.74, 6) is -1.19. The molecule has 0 aliphatic heterocycles. The van der Waals surface area contributed by atoms with E-state index in [2.05, 4.69) is 0 Å². The van der Waals surface area contributed by atoms with Crippen molar-refractivity contribution in [2.24, 2.45) is 0 Å². The van der Waals surface area contributed by atoms with E-state index in [9.17, 15) is 18.0 Å². The molecule has 160 valence electrons. The van der Waals surface area contributed by atoms with E-state index in [1.807, 2.05) is 13.8 Å². The highest BCUT2D eigenvalue weighted by atomic mass is 35.5. The van der Waals surface area contributed by atoms with Gasteiger partial charge < -0.3 is 0 Å². The Balaban J connectivity index is 2.06. The van der Waals surface area contributed by atoms with Crippen LogP contribution in [-0.2, 0) is 9.84 Å². The van der Waals surface area contributed by atoms with Crippen molar-refractivity contribution in [2.75, 3.05) is 0 Å². The van der Waals surface area contributed by atoms with Crippen LogP contribution in [0.3, 0.4) is 0 Å². The summed E-state index contributed by atoms with van der Waals surface area (Å²) in [5.41, 5.74) is 2.18. The molecule has 31 heavy (non-hydrogen) atoms. The Labute approximate surface area is 191 Å². The first-order valence-electron chi connectivity index (χ1n) is 9.49. The van der Waals surface area contributed by atoms with E-state index >= 15 is 0 Å². The molecule has 0 unspecified atom stereocenters. The molecule has 0 spiro atoms. The van der Waals surface area contributed by atoms with Crippen molar-refractivity contribution in [1.82, 2.24) is 0 Å². The van der Waals surface area contributed by atoms with Gasteiger partial charge >= 0.3 is 0 Å². The molecule has 4 nitrogen and oxygen atoms in total. The SMILES string of the molecule is Cc1ccc(C(=O)C[C@@H](C(=O)c2ccc(Cl)cc2Cl)S(=O)(=O)c2ccc(C)cc2)cc1. The molecule has 0 aliphatic carbocycles. The van der Waals surface area contributed by atoms with Crippen molar-refractivity contribution in [3.05, 3.63) is 99.0 Å². The van der Waals surface area contributed by atoms with E-state index in [-0.39, 0.29) is 15.5 Å². The first-order valence-corrected chi connectivity index (χ1v) is 11.8. The quantitative estimate of drug-likeness (QED) is 0.399. The molecule has 0 amide bonds. The number of rotatable bonds is 7. The van der Waals surface area contributed by atoms with Gasteiger partial charge in [-0.25, -0.2) is 8.42 Å². The highest BCUT2D eigenvalue weighted by Gasteiger charge is 2.37. The smallest absolute Gasteiger partial charge is 0.189 e. The van der Waals surface area contributed by atoms with Gasteiger partial charge in [-0.1, -0.05) is 70.7 Å². The predicted octanol–water partition coefficient (Wildman–Crippen LogP) is 5.91. The molecule has 0 N–H and O–H groups in total. The van der Waals surface area contributed by atoms with Crippen molar-refractivity contribution in [3.63, 3.8) is 0 Å². The Morgan fingerprint density at radius 3 is 1.94 bits per heavy atom. The Bertz CT molecular complexity index is 1230. The maximum atomic E-state index is 13.4. The molecule has 0 fully saturated rings. The van der Waals surface area contributed by atoms with Gasteiger partial charge in [-0.2, -0.15) is 0 Å². The molecular formula is C24H20Cl2O4S. The second-order valence-electron chi connectivity index (χ2n) is 7.33. The zero-order chi connectivity index (χ0) is 22.8. The van der Waals surface area contributed by atoms with Gasteiger partial charge in [-0.3, -0.25) is 9.59 Å². The van der Waals surface area contributed by atoms with E-state index in [1.54, 1.807) is 36.4 Å². The lowest BCUT2D eigenvalue weighted by molar-refractivity contribution is 0.0920. The molecular weight excluding hydrogens is 455 g/mol. The summed E-state index contributed by atoms with van der Waals surface area (Å²) in [7, 11) is -4.17. The summed E-state index contributed by atoms with van der Waals surface area (Å²) >= 11 is 12.1. The zero-order valence-electron chi connectivity index (χ0n) is 16.9. The molecule has 0 saturated heterocycles. The number of aryl methyl sites for hydroxylation is 2. The average molecular weight is 475 g/mol. The standard InChI is InChI=1S/C24H20Cl2O4S/c1-15-3-7-17(8-4-15)22(27)14-23(24(28)20-12-9-18(25)13-21(20)26)31(29,30)19-10-5-16(2)6-11-19/h3-13,23H,14H2,1-2H3/t23-/m0/s1. The fraction of sp³-hybridized carbons (Fsp3) is 0.167. The van der Waals surface area contributed by atoms with E-state index < -0.39 is 33.1 Å². The molecule has 0 saturated carbocycles. The van der Waals surface area contributed by atoms with E-state index in [0.29, 0.717) is 10.6 Å². The third kappa shape index (κ3) is 5.24. The Hall–Kier alpha value is -2.47. The summed E-state index contributed by atoms with van der Waals surface area (Å²) in [6.45, 7) is 3.71. The third-order valence-corrected chi connectivity index (χ3v) is 7.56. The third-order valence-electron chi connectivity index (χ3n) is 4.96. The molecule has 0 radical (unpaired) electrons. The van der Waals surface area contributed by atoms with Gasteiger partial charge in [-0.05, 0) is 44.2 Å². The number of Topliss-reactive ketones (excluding diaryl/α,β-unsaturated/α-hetero) is 2. The van der Waals surface area contributed by atoms with Crippen LogP contribution in [0.2, 0.25) is 10.0 Å². The van der Waals surface area contributed by atoms with Crippen LogP contribution in [0.4, 0.5) is 0 Å². The largest absolute Gasteiger partial charge is 0.294 e. The number of carbonyl (C=O) groups is 2. The molecule has 0 aromatic heterocycles. The van der Waals surface area contributed by atoms with Crippen molar-refractivity contribution < 1.29 is 18.0 Å². The van der Waals surface area contributed by atoms with E-state index in [4.69, 9.17) is 23.2 Å².